The number of halogens is 1. The summed E-state index contributed by atoms with van der Waals surface area (Å²) in [4.78, 5) is 15.2. The Morgan fingerprint density at radius 1 is 1.03 bits per heavy atom. The summed E-state index contributed by atoms with van der Waals surface area (Å²) in [5, 5.41) is 3.17. The van der Waals surface area contributed by atoms with Crippen LogP contribution in [0.3, 0.4) is 0 Å². The van der Waals surface area contributed by atoms with Crippen molar-refractivity contribution >= 4 is 44.6 Å². The molecule has 1 fully saturated rings. The third-order valence-corrected chi connectivity index (χ3v) is 7.54. The van der Waals surface area contributed by atoms with E-state index in [2.05, 4.69) is 10.2 Å². The summed E-state index contributed by atoms with van der Waals surface area (Å²) in [6.07, 6.45) is 0. The Labute approximate surface area is 205 Å². The summed E-state index contributed by atoms with van der Waals surface area (Å²) >= 11 is 6.12. The van der Waals surface area contributed by atoms with Crippen LogP contribution < -0.4 is 14.5 Å². The Morgan fingerprint density at radius 2 is 1.71 bits per heavy atom. The molecule has 178 valence electrons. The molecular weight excluding hydrogens is 474 g/mol. The zero-order valence-corrected chi connectivity index (χ0v) is 20.3. The van der Waals surface area contributed by atoms with Crippen LogP contribution in [0, 0.1) is 6.92 Å². The smallest absolute Gasteiger partial charge is 0.264 e. The number of amides is 1. The van der Waals surface area contributed by atoms with Gasteiger partial charge in [-0.15, -0.1) is 0 Å². The second-order valence-corrected chi connectivity index (χ2v) is 10.3. The van der Waals surface area contributed by atoms with E-state index in [1.165, 1.54) is 18.2 Å². The van der Waals surface area contributed by atoms with Crippen molar-refractivity contribution in [2.45, 2.75) is 11.8 Å². The molecule has 4 rings (SSSR count). The van der Waals surface area contributed by atoms with Crippen LogP contribution in [0.1, 0.15) is 5.56 Å². The Bertz CT molecular complexity index is 1240. The molecule has 0 spiro atoms. The van der Waals surface area contributed by atoms with E-state index in [4.69, 9.17) is 16.3 Å². The van der Waals surface area contributed by atoms with Gasteiger partial charge in [-0.1, -0.05) is 35.4 Å². The first-order valence-electron chi connectivity index (χ1n) is 10.9. The normalized spacial score (nSPS) is 14.0. The molecule has 0 atom stereocenters. The molecule has 1 saturated heterocycles. The largest absolute Gasteiger partial charge is 0.378 e. The fraction of sp³-hybridized carbons (Fsp3) is 0.240. The molecule has 34 heavy (non-hydrogen) atoms. The summed E-state index contributed by atoms with van der Waals surface area (Å²) in [5.74, 6) is -0.463. The van der Waals surface area contributed by atoms with Gasteiger partial charge in [-0.25, -0.2) is 8.42 Å². The second kappa shape index (κ2) is 10.5. The lowest BCUT2D eigenvalue weighted by atomic mass is 10.2. The van der Waals surface area contributed by atoms with E-state index in [9.17, 15) is 13.2 Å². The van der Waals surface area contributed by atoms with Crippen molar-refractivity contribution < 1.29 is 17.9 Å². The van der Waals surface area contributed by atoms with Crippen molar-refractivity contribution in [3.63, 3.8) is 0 Å². The highest BCUT2D eigenvalue weighted by Crippen LogP contribution is 2.27. The lowest BCUT2D eigenvalue weighted by Crippen LogP contribution is -2.38. The molecule has 1 amide bonds. The number of carbonyl (C=O) groups is 1. The number of nitrogens with zero attached hydrogens (tertiary/aromatic N) is 2. The van der Waals surface area contributed by atoms with Crippen molar-refractivity contribution in [1.29, 1.82) is 0 Å². The Morgan fingerprint density at radius 3 is 2.35 bits per heavy atom. The van der Waals surface area contributed by atoms with Crippen molar-refractivity contribution in [3.05, 3.63) is 83.4 Å². The van der Waals surface area contributed by atoms with Crippen LogP contribution in [0.15, 0.2) is 77.7 Å². The monoisotopic (exact) mass is 499 g/mol. The van der Waals surface area contributed by atoms with Gasteiger partial charge < -0.3 is 15.0 Å². The van der Waals surface area contributed by atoms with Crippen molar-refractivity contribution in [2.75, 3.05) is 47.4 Å². The lowest BCUT2D eigenvalue weighted by molar-refractivity contribution is -0.114. The first-order chi connectivity index (χ1) is 16.3. The van der Waals surface area contributed by atoms with Crippen LogP contribution in [0.2, 0.25) is 5.02 Å². The number of nitrogens with one attached hydrogen (secondary N) is 1. The zero-order valence-electron chi connectivity index (χ0n) is 18.8. The van der Waals surface area contributed by atoms with Gasteiger partial charge >= 0.3 is 0 Å². The average molecular weight is 500 g/mol. The average Bonchev–Trinajstić information content (AvgIpc) is 2.84. The van der Waals surface area contributed by atoms with Gasteiger partial charge in [0.1, 0.15) is 6.54 Å². The summed E-state index contributed by atoms with van der Waals surface area (Å²) in [6, 6.07) is 20.4. The van der Waals surface area contributed by atoms with E-state index in [1.807, 2.05) is 19.1 Å². The molecule has 7 nitrogen and oxygen atoms in total. The zero-order chi connectivity index (χ0) is 24.1. The number of hydrogen-bond acceptors (Lipinski definition) is 5. The molecule has 3 aromatic rings. The van der Waals surface area contributed by atoms with Gasteiger partial charge in [0.2, 0.25) is 5.91 Å². The van der Waals surface area contributed by atoms with Crippen LogP contribution in [0.4, 0.5) is 17.1 Å². The van der Waals surface area contributed by atoms with Gasteiger partial charge in [0.05, 0.1) is 23.8 Å². The van der Waals surface area contributed by atoms with E-state index in [1.54, 1.807) is 42.5 Å². The highest BCUT2D eigenvalue weighted by atomic mass is 35.5. The SMILES string of the molecule is Cc1ccc(S(=O)(=O)N(CC(=O)Nc2ccc(N3CCOCC3)cc2)c2cccc(Cl)c2)cc1. The predicted molar refractivity (Wildman–Crippen MR) is 135 cm³/mol. The summed E-state index contributed by atoms with van der Waals surface area (Å²) in [5.41, 5.74) is 2.88. The fourth-order valence-electron chi connectivity index (χ4n) is 3.69. The minimum Gasteiger partial charge on any atom is -0.378 e. The molecule has 0 saturated carbocycles. The molecule has 9 heteroatoms. The first-order valence-corrected chi connectivity index (χ1v) is 12.7. The third kappa shape index (κ3) is 5.70. The van der Waals surface area contributed by atoms with E-state index >= 15 is 0 Å². The van der Waals surface area contributed by atoms with Crippen LogP contribution in [0.25, 0.3) is 0 Å². The third-order valence-electron chi connectivity index (χ3n) is 5.52. The van der Waals surface area contributed by atoms with Crippen molar-refractivity contribution in [2.24, 2.45) is 0 Å². The number of hydrogen-bond donors (Lipinski definition) is 1. The molecule has 1 heterocycles. The van der Waals surface area contributed by atoms with E-state index < -0.39 is 22.5 Å². The molecule has 0 unspecified atom stereocenters. The summed E-state index contributed by atoms with van der Waals surface area (Å²) in [7, 11) is -4.00. The number of ether oxygens (including phenoxy) is 1. The van der Waals surface area contributed by atoms with E-state index in [0.717, 1.165) is 28.6 Å². The minimum atomic E-state index is -4.00. The van der Waals surface area contributed by atoms with Gasteiger partial charge in [0.25, 0.3) is 10.0 Å². The number of anilines is 3. The van der Waals surface area contributed by atoms with Crippen LogP contribution in [0.5, 0.6) is 0 Å². The molecule has 3 aromatic carbocycles. The summed E-state index contributed by atoms with van der Waals surface area (Å²) in [6.45, 7) is 4.49. The van der Waals surface area contributed by atoms with Gasteiger partial charge in [0.15, 0.2) is 0 Å². The standard InChI is InChI=1S/C25H26ClN3O4S/c1-19-5-11-24(12-6-19)34(31,32)29(23-4-2-3-20(26)17-23)18-25(30)27-21-7-9-22(10-8-21)28-13-15-33-16-14-28/h2-12,17H,13-16,18H2,1H3,(H,27,30). The van der Waals surface area contributed by atoms with Gasteiger partial charge in [-0.05, 0) is 61.5 Å². The maximum atomic E-state index is 13.5. The molecule has 1 N–H and O–H groups in total. The number of rotatable bonds is 7. The molecule has 0 bridgehead atoms. The van der Waals surface area contributed by atoms with Crippen molar-refractivity contribution in [1.82, 2.24) is 0 Å². The van der Waals surface area contributed by atoms with Crippen molar-refractivity contribution in [3.8, 4) is 0 Å². The molecule has 1 aliphatic heterocycles. The quantitative estimate of drug-likeness (QED) is 0.523. The van der Waals surface area contributed by atoms with Gasteiger partial charge in [-0.2, -0.15) is 0 Å². The predicted octanol–water partition coefficient (Wildman–Crippen LogP) is 4.32. The number of benzene rings is 3. The number of morpholine rings is 1. The number of carbonyl (C=O) groups excluding carboxylic acids is 1. The fourth-order valence-corrected chi connectivity index (χ4v) is 5.29. The van der Waals surface area contributed by atoms with Crippen LogP contribution in [-0.4, -0.2) is 47.2 Å². The summed E-state index contributed by atoms with van der Waals surface area (Å²) < 4.78 is 33.4. The Balaban J connectivity index is 1.54. The van der Waals surface area contributed by atoms with Gasteiger partial charge in [-0.3, -0.25) is 9.10 Å². The molecule has 0 aromatic heterocycles. The maximum absolute atomic E-state index is 13.5. The topological polar surface area (TPSA) is 79.0 Å². The Kier molecular flexibility index (Phi) is 7.41. The minimum absolute atomic E-state index is 0.0979. The highest BCUT2D eigenvalue weighted by molar-refractivity contribution is 7.92. The number of aryl methyl sites for hydroxylation is 1. The van der Waals surface area contributed by atoms with Crippen LogP contribution >= 0.6 is 11.6 Å². The first kappa shape index (κ1) is 24.1. The molecule has 0 aliphatic carbocycles. The maximum Gasteiger partial charge on any atom is 0.264 e. The van der Waals surface area contributed by atoms with Crippen LogP contribution in [-0.2, 0) is 19.6 Å². The number of sulfonamides is 1. The highest BCUT2D eigenvalue weighted by Gasteiger charge is 2.27. The lowest BCUT2D eigenvalue weighted by Gasteiger charge is -2.29. The molecule has 1 aliphatic rings. The molecule has 0 radical (unpaired) electrons. The van der Waals surface area contributed by atoms with Gasteiger partial charge in [0, 0.05) is 29.5 Å². The Hall–Kier alpha value is -3.07. The van der Waals surface area contributed by atoms with E-state index in [-0.39, 0.29) is 4.90 Å². The second-order valence-electron chi connectivity index (χ2n) is 8.00. The molecular formula is C25H26ClN3O4S. The van der Waals surface area contributed by atoms with E-state index in [0.29, 0.717) is 29.6 Å².